The number of aromatic nitrogens is 1. The highest BCUT2D eigenvalue weighted by molar-refractivity contribution is 5.92. The molecule has 0 saturated carbocycles. The van der Waals surface area contributed by atoms with Gasteiger partial charge in [0.05, 0.1) is 11.7 Å². The predicted octanol–water partition coefficient (Wildman–Crippen LogP) is 0.677. The highest BCUT2D eigenvalue weighted by Crippen LogP contribution is 2.19. The van der Waals surface area contributed by atoms with Crippen LogP contribution >= 0.6 is 0 Å². The van der Waals surface area contributed by atoms with E-state index < -0.39 is 0 Å². The Morgan fingerprint density at radius 1 is 1.70 bits per heavy atom. The normalized spacial score (nSPS) is 22.7. The summed E-state index contributed by atoms with van der Waals surface area (Å²) in [6.45, 7) is 1.54. The molecular weight excluding hydrogens is 256 g/mol. The van der Waals surface area contributed by atoms with E-state index >= 15 is 0 Å². The van der Waals surface area contributed by atoms with Gasteiger partial charge in [-0.15, -0.1) is 0 Å². The number of methoxy groups -OCH3 is 1. The molecule has 0 spiro atoms. The fourth-order valence-electron chi connectivity index (χ4n) is 2.60. The van der Waals surface area contributed by atoms with Gasteiger partial charge in [-0.1, -0.05) is 0 Å². The number of carbonyl (C=O) groups excluding carboxylic acids is 1. The molecule has 1 aromatic rings. The molecule has 108 valence electrons. The summed E-state index contributed by atoms with van der Waals surface area (Å²) in [7, 11) is 5.55. The summed E-state index contributed by atoms with van der Waals surface area (Å²) in [6.07, 6.45) is 2.71. The fourth-order valence-corrected chi connectivity index (χ4v) is 2.60. The molecule has 20 heavy (non-hydrogen) atoms. The molecule has 6 heteroatoms. The SMILES string of the molecule is CO[C@H]1C[C@@H](CN(C)C(=O)c2cc(C#N)c[nH]2)N(C)C1. The maximum Gasteiger partial charge on any atom is 0.270 e. The van der Waals surface area contributed by atoms with Crippen LogP contribution in [-0.2, 0) is 4.74 Å². The summed E-state index contributed by atoms with van der Waals surface area (Å²) in [5, 5.41) is 8.78. The Bertz CT molecular complexity index is 519. The zero-order valence-corrected chi connectivity index (χ0v) is 12.1. The van der Waals surface area contributed by atoms with E-state index in [1.807, 2.05) is 13.1 Å². The number of nitrogens with zero attached hydrogens (tertiary/aromatic N) is 3. The lowest BCUT2D eigenvalue weighted by Crippen LogP contribution is -2.39. The number of H-pyrrole nitrogens is 1. The Balaban J connectivity index is 1.96. The summed E-state index contributed by atoms with van der Waals surface area (Å²) in [5.41, 5.74) is 0.923. The first-order valence-corrected chi connectivity index (χ1v) is 6.62. The summed E-state index contributed by atoms with van der Waals surface area (Å²) in [5.74, 6) is -0.0965. The second kappa shape index (κ2) is 6.07. The van der Waals surface area contributed by atoms with Crippen LogP contribution in [0.25, 0.3) is 0 Å². The van der Waals surface area contributed by atoms with Crippen LogP contribution in [0.15, 0.2) is 12.3 Å². The quantitative estimate of drug-likeness (QED) is 0.877. The molecule has 0 unspecified atom stereocenters. The second-order valence-corrected chi connectivity index (χ2v) is 5.29. The number of carbonyl (C=O) groups is 1. The van der Waals surface area contributed by atoms with Gasteiger partial charge in [0.25, 0.3) is 5.91 Å². The minimum absolute atomic E-state index is 0.0965. The van der Waals surface area contributed by atoms with E-state index in [1.165, 1.54) is 0 Å². The molecule has 2 rings (SSSR count). The molecule has 1 aliphatic heterocycles. The van der Waals surface area contributed by atoms with Crippen LogP contribution in [0.2, 0.25) is 0 Å². The summed E-state index contributed by atoms with van der Waals surface area (Å²) in [4.78, 5) is 19.0. The summed E-state index contributed by atoms with van der Waals surface area (Å²) in [6, 6.07) is 3.89. The van der Waals surface area contributed by atoms with Crippen LogP contribution in [0.5, 0.6) is 0 Å². The molecule has 2 atom stereocenters. The van der Waals surface area contributed by atoms with Gasteiger partial charge in [-0.25, -0.2) is 0 Å². The maximum absolute atomic E-state index is 12.3. The number of rotatable bonds is 4. The first-order chi connectivity index (χ1) is 9.55. The van der Waals surface area contributed by atoms with Crippen LogP contribution in [0.1, 0.15) is 22.5 Å². The van der Waals surface area contributed by atoms with Crippen LogP contribution in [0.4, 0.5) is 0 Å². The van der Waals surface area contributed by atoms with E-state index in [0.717, 1.165) is 13.0 Å². The number of amides is 1. The van der Waals surface area contributed by atoms with Gasteiger partial charge in [0.2, 0.25) is 0 Å². The summed E-state index contributed by atoms with van der Waals surface area (Å²) < 4.78 is 5.37. The Kier molecular flexibility index (Phi) is 4.42. The van der Waals surface area contributed by atoms with Crippen molar-refractivity contribution in [3.05, 3.63) is 23.5 Å². The number of likely N-dealkylation sites (N-methyl/N-ethyl adjacent to an activating group) is 2. The first kappa shape index (κ1) is 14.6. The van der Waals surface area contributed by atoms with E-state index in [2.05, 4.69) is 9.88 Å². The van der Waals surface area contributed by atoms with Gasteiger partial charge in [-0.05, 0) is 19.5 Å². The third-order valence-corrected chi connectivity index (χ3v) is 3.86. The standard InChI is InChI=1S/C14H20N4O2/c1-17-9-12(20-3)5-11(17)8-18(2)14(19)13-4-10(6-15)7-16-13/h4,7,11-12,16H,5,8-9H2,1-3H3/t11-,12-/m0/s1. The van der Waals surface area contributed by atoms with Gasteiger partial charge >= 0.3 is 0 Å². The number of nitriles is 1. The molecule has 6 nitrogen and oxygen atoms in total. The van der Waals surface area contributed by atoms with E-state index in [-0.39, 0.29) is 12.0 Å². The van der Waals surface area contributed by atoms with Gasteiger partial charge < -0.3 is 14.6 Å². The van der Waals surface area contributed by atoms with Gasteiger partial charge in [0.15, 0.2) is 0 Å². The Morgan fingerprint density at radius 2 is 2.45 bits per heavy atom. The second-order valence-electron chi connectivity index (χ2n) is 5.29. The molecule has 0 bridgehead atoms. The van der Waals surface area contributed by atoms with Gasteiger partial charge in [0.1, 0.15) is 11.8 Å². The zero-order chi connectivity index (χ0) is 14.7. The zero-order valence-electron chi connectivity index (χ0n) is 12.1. The highest BCUT2D eigenvalue weighted by Gasteiger charge is 2.31. The molecule has 1 amide bonds. The Hall–Kier alpha value is -1.84. The average molecular weight is 276 g/mol. The lowest BCUT2D eigenvalue weighted by atomic mass is 10.2. The van der Waals surface area contributed by atoms with Crippen molar-refractivity contribution in [1.29, 1.82) is 5.26 Å². The van der Waals surface area contributed by atoms with E-state index in [0.29, 0.717) is 23.8 Å². The van der Waals surface area contributed by atoms with Crippen molar-refractivity contribution in [2.45, 2.75) is 18.6 Å². The predicted molar refractivity (Wildman–Crippen MR) is 74.3 cm³/mol. The molecule has 0 aromatic carbocycles. The monoisotopic (exact) mass is 276 g/mol. The van der Waals surface area contributed by atoms with Crippen molar-refractivity contribution in [3.8, 4) is 6.07 Å². The Labute approximate surface area is 118 Å². The van der Waals surface area contributed by atoms with Crippen molar-refractivity contribution in [3.63, 3.8) is 0 Å². The van der Waals surface area contributed by atoms with Crippen molar-refractivity contribution in [2.24, 2.45) is 0 Å². The average Bonchev–Trinajstić information content (AvgIpc) is 3.05. The topological polar surface area (TPSA) is 72.4 Å². The van der Waals surface area contributed by atoms with E-state index in [1.54, 1.807) is 31.3 Å². The summed E-state index contributed by atoms with van der Waals surface area (Å²) >= 11 is 0. The molecule has 2 heterocycles. The molecule has 1 aromatic heterocycles. The molecule has 0 aliphatic carbocycles. The number of aromatic amines is 1. The first-order valence-electron chi connectivity index (χ1n) is 6.62. The minimum atomic E-state index is -0.0965. The lowest BCUT2D eigenvalue weighted by Gasteiger charge is -2.25. The molecular formula is C14H20N4O2. The molecule has 1 N–H and O–H groups in total. The minimum Gasteiger partial charge on any atom is -0.380 e. The van der Waals surface area contributed by atoms with Crippen LogP contribution in [-0.4, -0.2) is 67.1 Å². The van der Waals surface area contributed by atoms with Crippen LogP contribution in [0.3, 0.4) is 0 Å². The van der Waals surface area contributed by atoms with Crippen molar-refractivity contribution in [2.75, 3.05) is 34.3 Å². The highest BCUT2D eigenvalue weighted by atomic mass is 16.5. The van der Waals surface area contributed by atoms with Crippen LogP contribution < -0.4 is 0 Å². The molecule has 0 radical (unpaired) electrons. The third kappa shape index (κ3) is 3.00. The van der Waals surface area contributed by atoms with Crippen molar-refractivity contribution >= 4 is 5.91 Å². The fraction of sp³-hybridized carbons (Fsp3) is 0.571. The van der Waals surface area contributed by atoms with Gasteiger partial charge in [0, 0.05) is 39.5 Å². The third-order valence-electron chi connectivity index (χ3n) is 3.86. The number of ether oxygens (including phenoxy) is 1. The molecule has 1 saturated heterocycles. The van der Waals surface area contributed by atoms with E-state index in [9.17, 15) is 4.79 Å². The molecule has 1 aliphatic rings. The largest absolute Gasteiger partial charge is 0.380 e. The molecule has 1 fully saturated rings. The maximum atomic E-state index is 12.3. The van der Waals surface area contributed by atoms with Crippen molar-refractivity contribution < 1.29 is 9.53 Å². The van der Waals surface area contributed by atoms with Gasteiger partial charge in [-0.2, -0.15) is 5.26 Å². The van der Waals surface area contributed by atoms with Crippen LogP contribution in [0, 0.1) is 11.3 Å². The Morgan fingerprint density at radius 3 is 3.00 bits per heavy atom. The number of hydrogen-bond donors (Lipinski definition) is 1. The number of hydrogen-bond acceptors (Lipinski definition) is 4. The smallest absolute Gasteiger partial charge is 0.270 e. The number of likely N-dealkylation sites (tertiary alicyclic amines) is 1. The van der Waals surface area contributed by atoms with E-state index in [4.69, 9.17) is 10.00 Å². The van der Waals surface area contributed by atoms with Crippen molar-refractivity contribution in [1.82, 2.24) is 14.8 Å². The van der Waals surface area contributed by atoms with Gasteiger partial charge in [-0.3, -0.25) is 9.69 Å². The lowest BCUT2D eigenvalue weighted by molar-refractivity contribution is 0.0755. The number of nitrogens with one attached hydrogen (secondary N) is 1.